The van der Waals surface area contributed by atoms with Crippen LogP contribution < -0.4 is 10.2 Å². The molecule has 1 saturated heterocycles. The third kappa shape index (κ3) is 6.09. The number of pyridine rings is 1. The summed E-state index contributed by atoms with van der Waals surface area (Å²) in [6, 6.07) is 5.95. The first-order valence-electron chi connectivity index (χ1n) is 8.76. The molecular formula is C18H30N4O2. The molecule has 1 fully saturated rings. The van der Waals surface area contributed by atoms with E-state index in [0.717, 1.165) is 44.8 Å². The van der Waals surface area contributed by atoms with Crippen molar-refractivity contribution in [2.24, 2.45) is 5.41 Å². The molecule has 0 aliphatic carbocycles. The molecule has 0 saturated carbocycles. The maximum atomic E-state index is 12.0. The van der Waals surface area contributed by atoms with E-state index in [-0.39, 0.29) is 17.9 Å². The van der Waals surface area contributed by atoms with E-state index in [2.05, 4.69) is 20.1 Å². The van der Waals surface area contributed by atoms with Gasteiger partial charge in [0.15, 0.2) is 0 Å². The summed E-state index contributed by atoms with van der Waals surface area (Å²) >= 11 is 0. The Bertz CT molecular complexity index is 499. The number of nitrogens with zero attached hydrogens (tertiary/aromatic N) is 3. The predicted octanol–water partition coefficient (Wildman–Crippen LogP) is 1.12. The fourth-order valence-corrected chi connectivity index (χ4v) is 2.81. The van der Waals surface area contributed by atoms with Crippen LogP contribution in [0.15, 0.2) is 24.4 Å². The Balaban J connectivity index is 1.62. The largest absolute Gasteiger partial charge is 0.396 e. The summed E-state index contributed by atoms with van der Waals surface area (Å²) in [6.45, 7) is 8.94. The van der Waals surface area contributed by atoms with Crippen molar-refractivity contribution in [1.29, 1.82) is 0 Å². The van der Waals surface area contributed by atoms with Gasteiger partial charge in [0.1, 0.15) is 5.82 Å². The van der Waals surface area contributed by atoms with Crippen LogP contribution in [0.5, 0.6) is 0 Å². The molecule has 6 heteroatoms. The molecule has 0 atom stereocenters. The highest BCUT2D eigenvalue weighted by atomic mass is 16.3. The van der Waals surface area contributed by atoms with E-state index in [4.69, 9.17) is 0 Å². The number of hydrogen-bond donors (Lipinski definition) is 2. The smallest absolute Gasteiger partial charge is 0.234 e. The number of aliphatic hydroxyl groups is 1. The Morgan fingerprint density at radius 2 is 2.04 bits per heavy atom. The number of carbonyl (C=O) groups is 1. The highest BCUT2D eigenvalue weighted by molar-refractivity contribution is 5.78. The molecule has 1 aliphatic heterocycles. The quantitative estimate of drug-likeness (QED) is 0.697. The van der Waals surface area contributed by atoms with Gasteiger partial charge in [0, 0.05) is 45.5 Å². The van der Waals surface area contributed by atoms with Crippen molar-refractivity contribution in [2.45, 2.75) is 26.7 Å². The van der Waals surface area contributed by atoms with E-state index in [1.54, 1.807) is 0 Å². The summed E-state index contributed by atoms with van der Waals surface area (Å²) in [7, 11) is 0. The van der Waals surface area contributed by atoms with Crippen LogP contribution in [0.4, 0.5) is 5.82 Å². The molecule has 134 valence electrons. The number of nitrogens with one attached hydrogen (secondary N) is 1. The summed E-state index contributed by atoms with van der Waals surface area (Å²) in [5.41, 5.74) is -0.0630. The SMILES string of the molecule is CC(C)(CO)CCCNC(=O)CN1CCN(c2ccccn2)CC1. The molecule has 0 bridgehead atoms. The zero-order chi connectivity index (χ0) is 17.4. The Kier molecular flexibility index (Phi) is 6.99. The van der Waals surface area contributed by atoms with Gasteiger partial charge in [0.25, 0.3) is 0 Å². The maximum absolute atomic E-state index is 12.0. The first kappa shape index (κ1) is 18.7. The number of carbonyl (C=O) groups excluding carboxylic acids is 1. The zero-order valence-corrected chi connectivity index (χ0v) is 14.9. The summed E-state index contributed by atoms with van der Waals surface area (Å²) in [6.07, 6.45) is 3.62. The van der Waals surface area contributed by atoms with Gasteiger partial charge in [-0.3, -0.25) is 9.69 Å². The Hall–Kier alpha value is -1.66. The second-order valence-electron chi connectivity index (χ2n) is 7.23. The third-order valence-corrected chi connectivity index (χ3v) is 4.49. The lowest BCUT2D eigenvalue weighted by Gasteiger charge is -2.34. The molecule has 0 spiro atoms. The van der Waals surface area contributed by atoms with Gasteiger partial charge in [-0.1, -0.05) is 19.9 Å². The van der Waals surface area contributed by atoms with Gasteiger partial charge in [0.2, 0.25) is 5.91 Å². The lowest BCUT2D eigenvalue weighted by Crippen LogP contribution is -2.49. The minimum absolute atomic E-state index is 0.0630. The van der Waals surface area contributed by atoms with Crippen molar-refractivity contribution in [2.75, 3.05) is 50.8 Å². The maximum Gasteiger partial charge on any atom is 0.234 e. The van der Waals surface area contributed by atoms with Crippen LogP contribution in [0.2, 0.25) is 0 Å². The van der Waals surface area contributed by atoms with Gasteiger partial charge in [-0.2, -0.15) is 0 Å². The van der Waals surface area contributed by atoms with E-state index in [0.29, 0.717) is 13.1 Å². The average molecular weight is 334 g/mol. The van der Waals surface area contributed by atoms with Crippen molar-refractivity contribution in [1.82, 2.24) is 15.2 Å². The molecule has 2 N–H and O–H groups in total. The van der Waals surface area contributed by atoms with Gasteiger partial charge in [-0.25, -0.2) is 4.98 Å². The van der Waals surface area contributed by atoms with Crippen LogP contribution in [0.1, 0.15) is 26.7 Å². The number of anilines is 1. The average Bonchev–Trinajstić information content (AvgIpc) is 2.60. The Morgan fingerprint density at radius 3 is 2.67 bits per heavy atom. The van der Waals surface area contributed by atoms with Gasteiger partial charge in [-0.15, -0.1) is 0 Å². The molecule has 0 unspecified atom stereocenters. The summed E-state index contributed by atoms with van der Waals surface area (Å²) in [5, 5.41) is 12.2. The summed E-state index contributed by atoms with van der Waals surface area (Å²) in [4.78, 5) is 20.8. The van der Waals surface area contributed by atoms with Crippen molar-refractivity contribution in [3.8, 4) is 0 Å². The molecular weight excluding hydrogens is 304 g/mol. The van der Waals surface area contributed by atoms with E-state index < -0.39 is 0 Å². The van der Waals surface area contributed by atoms with Gasteiger partial charge in [-0.05, 0) is 30.4 Å². The van der Waals surface area contributed by atoms with Crippen molar-refractivity contribution < 1.29 is 9.90 Å². The van der Waals surface area contributed by atoms with Gasteiger partial charge in [0.05, 0.1) is 6.54 Å². The van der Waals surface area contributed by atoms with E-state index in [1.807, 2.05) is 38.2 Å². The minimum atomic E-state index is -0.0630. The lowest BCUT2D eigenvalue weighted by atomic mass is 9.89. The first-order chi connectivity index (χ1) is 11.5. The molecule has 2 rings (SSSR count). The molecule has 0 radical (unpaired) electrons. The van der Waals surface area contributed by atoms with Crippen LogP contribution in [0, 0.1) is 5.41 Å². The highest BCUT2D eigenvalue weighted by Gasteiger charge is 2.20. The van der Waals surface area contributed by atoms with E-state index >= 15 is 0 Å². The highest BCUT2D eigenvalue weighted by Crippen LogP contribution is 2.20. The molecule has 6 nitrogen and oxygen atoms in total. The monoisotopic (exact) mass is 334 g/mol. The fraction of sp³-hybridized carbons (Fsp3) is 0.667. The number of aromatic nitrogens is 1. The molecule has 0 aromatic carbocycles. The van der Waals surface area contributed by atoms with Gasteiger partial charge < -0.3 is 15.3 Å². The number of amides is 1. The number of piperazine rings is 1. The Labute approximate surface area is 144 Å². The van der Waals surface area contributed by atoms with Crippen LogP contribution in [-0.4, -0.2) is 66.8 Å². The molecule has 2 heterocycles. The predicted molar refractivity (Wildman–Crippen MR) is 96.0 cm³/mol. The fourth-order valence-electron chi connectivity index (χ4n) is 2.81. The lowest BCUT2D eigenvalue weighted by molar-refractivity contribution is -0.122. The second kappa shape index (κ2) is 8.99. The van der Waals surface area contributed by atoms with Crippen LogP contribution >= 0.6 is 0 Å². The number of rotatable bonds is 8. The molecule has 1 aromatic rings. The van der Waals surface area contributed by atoms with Crippen molar-refractivity contribution in [3.05, 3.63) is 24.4 Å². The third-order valence-electron chi connectivity index (χ3n) is 4.49. The number of aliphatic hydroxyl groups excluding tert-OH is 1. The van der Waals surface area contributed by atoms with Crippen molar-refractivity contribution in [3.63, 3.8) is 0 Å². The topological polar surface area (TPSA) is 68.7 Å². The minimum Gasteiger partial charge on any atom is -0.396 e. The van der Waals surface area contributed by atoms with Crippen LogP contribution in [0.3, 0.4) is 0 Å². The van der Waals surface area contributed by atoms with Crippen molar-refractivity contribution >= 4 is 11.7 Å². The molecule has 1 aromatic heterocycles. The second-order valence-corrected chi connectivity index (χ2v) is 7.23. The standard InChI is InChI=1S/C18H30N4O2/c1-18(2,15-23)7-5-9-20-17(24)14-21-10-12-22(13-11-21)16-6-3-4-8-19-16/h3-4,6,8,23H,5,7,9-15H2,1-2H3,(H,20,24). The summed E-state index contributed by atoms with van der Waals surface area (Å²) in [5.74, 6) is 1.09. The number of hydrogen-bond acceptors (Lipinski definition) is 5. The normalized spacial score (nSPS) is 16.2. The molecule has 1 amide bonds. The Morgan fingerprint density at radius 1 is 1.29 bits per heavy atom. The first-order valence-corrected chi connectivity index (χ1v) is 8.76. The van der Waals surface area contributed by atoms with Crippen LogP contribution in [-0.2, 0) is 4.79 Å². The van der Waals surface area contributed by atoms with E-state index in [9.17, 15) is 9.90 Å². The molecule has 1 aliphatic rings. The van der Waals surface area contributed by atoms with Crippen LogP contribution in [0.25, 0.3) is 0 Å². The zero-order valence-electron chi connectivity index (χ0n) is 14.9. The van der Waals surface area contributed by atoms with E-state index in [1.165, 1.54) is 0 Å². The van der Waals surface area contributed by atoms with Gasteiger partial charge >= 0.3 is 0 Å². The molecule has 24 heavy (non-hydrogen) atoms. The summed E-state index contributed by atoms with van der Waals surface area (Å²) < 4.78 is 0.